The number of carbonyl (C=O) groups is 3. The summed E-state index contributed by atoms with van der Waals surface area (Å²) in [5.74, 6) is -1.37. The molecule has 35 heavy (non-hydrogen) atoms. The van der Waals surface area contributed by atoms with E-state index in [0.29, 0.717) is 10.4 Å². The molecule has 0 saturated carbocycles. The Morgan fingerprint density at radius 2 is 1.89 bits per heavy atom. The van der Waals surface area contributed by atoms with Crippen LogP contribution in [0.5, 0.6) is 11.5 Å². The number of nitrogens with zero attached hydrogens (tertiary/aromatic N) is 1. The van der Waals surface area contributed by atoms with Gasteiger partial charge in [0.05, 0.1) is 24.0 Å². The van der Waals surface area contributed by atoms with Gasteiger partial charge in [-0.3, -0.25) is 14.4 Å². The number of ketones is 1. The van der Waals surface area contributed by atoms with Gasteiger partial charge in [-0.2, -0.15) is 0 Å². The van der Waals surface area contributed by atoms with E-state index in [9.17, 15) is 18.8 Å². The lowest BCUT2D eigenvalue weighted by atomic mass is 10.1. The van der Waals surface area contributed by atoms with Crippen molar-refractivity contribution in [1.82, 2.24) is 10.3 Å². The normalized spacial score (nSPS) is 10.7. The number of nitrogens with one attached hydrogen (secondary N) is 1. The summed E-state index contributed by atoms with van der Waals surface area (Å²) in [7, 11) is 1.39. The number of amides is 2. The topological polar surface area (TPSA) is 121 Å². The molecule has 0 radical (unpaired) electrons. The standard InChI is InChI=1S/C25H20FN3O5S/c1-33-22-10-14(8-9-21(22)34-12-23(27)31)25(32)28-11-20(30)19-7-3-6-18(29-19)16-13-35-24-15(16)4-2-5-17(24)26/h2-10,13H,11-12H2,1H3,(H2,27,31)(H,28,32). The molecule has 0 spiro atoms. The summed E-state index contributed by atoms with van der Waals surface area (Å²) in [5.41, 5.74) is 6.74. The average molecular weight is 494 g/mol. The Morgan fingerprint density at radius 1 is 1.09 bits per heavy atom. The summed E-state index contributed by atoms with van der Waals surface area (Å²) < 4.78 is 25.0. The lowest BCUT2D eigenvalue weighted by Gasteiger charge is -2.11. The van der Waals surface area contributed by atoms with Gasteiger partial charge in [0.25, 0.3) is 11.8 Å². The van der Waals surface area contributed by atoms with Crippen LogP contribution in [0.15, 0.2) is 60.0 Å². The first kappa shape index (κ1) is 23.8. The number of benzene rings is 2. The van der Waals surface area contributed by atoms with Crippen LogP contribution < -0.4 is 20.5 Å². The monoisotopic (exact) mass is 493 g/mol. The maximum absolute atomic E-state index is 14.0. The molecule has 4 aromatic rings. The molecule has 2 aromatic carbocycles. The first-order valence-corrected chi connectivity index (χ1v) is 11.3. The molecule has 2 amide bonds. The van der Waals surface area contributed by atoms with E-state index in [0.717, 1.165) is 10.9 Å². The van der Waals surface area contributed by atoms with Gasteiger partial charge in [0.2, 0.25) is 0 Å². The second-order valence-corrected chi connectivity index (χ2v) is 8.28. The maximum Gasteiger partial charge on any atom is 0.255 e. The van der Waals surface area contributed by atoms with Crippen LogP contribution in [0.2, 0.25) is 0 Å². The predicted molar refractivity (Wildman–Crippen MR) is 129 cm³/mol. The number of halogens is 1. The number of carbonyl (C=O) groups excluding carboxylic acids is 3. The molecule has 0 bridgehead atoms. The van der Waals surface area contributed by atoms with E-state index in [1.807, 2.05) is 0 Å². The Labute approximate surface area is 203 Å². The van der Waals surface area contributed by atoms with Gasteiger partial charge in [-0.05, 0) is 36.4 Å². The third-order valence-corrected chi connectivity index (χ3v) is 6.07. The highest BCUT2D eigenvalue weighted by molar-refractivity contribution is 7.17. The summed E-state index contributed by atoms with van der Waals surface area (Å²) >= 11 is 1.27. The number of Topliss-reactive ketones (excluding diaryl/α,β-unsaturated/α-hetero) is 1. The molecule has 10 heteroatoms. The van der Waals surface area contributed by atoms with Crippen LogP contribution in [0.25, 0.3) is 21.3 Å². The van der Waals surface area contributed by atoms with Gasteiger partial charge in [0.1, 0.15) is 11.5 Å². The quantitative estimate of drug-likeness (QED) is 0.344. The number of thiophene rings is 1. The predicted octanol–water partition coefficient (Wildman–Crippen LogP) is 3.59. The number of hydrogen-bond acceptors (Lipinski definition) is 7. The lowest BCUT2D eigenvalue weighted by molar-refractivity contribution is -0.119. The summed E-state index contributed by atoms with van der Waals surface area (Å²) in [6, 6.07) is 14.2. The maximum atomic E-state index is 14.0. The minimum Gasteiger partial charge on any atom is -0.493 e. The lowest BCUT2D eigenvalue weighted by Crippen LogP contribution is -2.30. The first-order valence-electron chi connectivity index (χ1n) is 10.4. The Balaban J connectivity index is 1.46. The fourth-order valence-electron chi connectivity index (χ4n) is 3.39. The van der Waals surface area contributed by atoms with Gasteiger partial charge in [0.15, 0.2) is 23.9 Å². The van der Waals surface area contributed by atoms with Crippen molar-refractivity contribution in [3.63, 3.8) is 0 Å². The molecule has 0 aliphatic carbocycles. The van der Waals surface area contributed by atoms with E-state index < -0.39 is 11.8 Å². The number of fused-ring (bicyclic) bond motifs is 1. The van der Waals surface area contributed by atoms with E-state index in [4.69, 9.17) is 15.2 Å². The number of pyridine rings is 1. The molecule has 0 aliphatic rings. The zero-order valence-corrected chi connectivity index (χ0v) is 19.4. The molecular formula is C25H20FN3O5S. The highest BCUT2D eigenvalue weighted by atomic mass is 32.1. The zero-order chi connectivity index (χ0) is 24.9. The van der Waals surface area contributed by atoms with Gasteiger partial charge >= 0.3 is 0 Å². The van der Waals surface area contributed by atoms with Crippen molar-refractivity contribution in [3.8, 4) is 22.8 Å². The van der Waals surface area contributed by atoms with Crippen LogP contribution >= 0.6 is 11.3 Å². The van der Waals surface area contributed by atoms with Crippen molar-refractivity contribution >= 4 is 39.0 Å². The van der Waals surface area contributed by atoms with Crippen LogP contribution in [0.4, 0.5) is 4.39 Å². The molecule has 0 aliphatic heterocycles. The number of ether oxygens (including phenoxy) is 2. The van der Waals surface area contributed by atoms with Crippen LogP contribution in [0.1, 0.15) is 20.8 Å². The second kappa shape index (κ2) is 10.3. The molecule has 0 fully saturated rings. The van der Waals surface area contributed by atoms with Crippen molar-refractivity contribution in [2.45, 2.75) is 0 Å². The van der Waals surface area contributed by atoms with E-state index in [2.05, 4.69) is 10.3 Å². The number of hydrogen-bond donors (Lipinski definition) is 2. The Hall–Kier alpha value is -4.31. The third kappa shape index (κ3) is 5.28. The van der Waals surface area contributed by atoms with Crippen LogP contribution in [0.3, 0.4) is 0 Å². The Morgan fingerprint density at radius 3 is 2.66 bits per heavy atom. The minimum absolute atomic E-state index is 0.173. The van der Waals surface area contributed by atoms with Crippen molar-refractivity contribution in [2.24, 2.45) is 5.73 Å². The van der Waals surface area contributed by atoms with Gasteiger partial charge in [-0.1, -0.05) is 18.2 Å². The molecule has 2 heterocycles. The molecule has 8 nitrogen and oxygen atoms in total. The number of aromatic nitrogens is 1. The molecular weight excluding hydrogens is 473 g/mol. The van der Waals surface area contributed by atoms with Crippen molar-refractivity contribution in [3.05, 3.63) is 77.1 Å². The molecule has 3 N–H and O–H groups in total. The molecule has 0 atom stereocenters. The van der Waals surface area contributed by atoms with Gasteiger partial charge < -0.3 is 20.5 Å². The van der Waals surface area contributed by atoms with Crippen molar-refractivity contribution in [1.29, 1.82) is 0 Å². The fraction of sp³-hybridized carbons (Fsp3) is 0.120. The highest BCUT2D eigenvalue weighted by Gasteiger charge is 2.16. The largest absolute Gasteiger partial charge is 0.493 e. The Bertz CT molecular complexity index is 1440. The van der Waals surface area contributed by atoms with Gasteiger partial charge in [0, 0.05) is 21.9 Å². The zero-order valence-electron chi connectivity index (χ0n) is 18.5. The van der Waals surface area contributed by atoms with Crippen molar-refractivity contribution in [2.75, 3.05) is 20.3 Å². The highest BCUT2D eigenvalue weighted by Crippen LogP contribution is 2.34. The van der Waals surface area contributed by atoms with E-state index in [1.54, 1.807) is 35.7 Å². The van der Waals surface area contributed by atoms with E-state index in [1.165, 1.54) is 42.7 Å². The third-order valence-electron chi connectivity index (χ3n) is 5.07. The molecule has 0 saturated heterocycles. The summed E-state index contributed by atoms with van der Waals surface area (Å²) in [6.45, 7) is -0.616. The van der Waals surface area contributed by atoms with Crippen molar-refractivity contribution < 1.29 is 28.2 Å². The smallest absolute Gasteiger partial charge is 0.255 e. The summed E-state index contributed by atoms with van der Waals surface area (Å²) in [5, 5.41) is 5.08. The average Bonchev–Trinajstić information content (AvgIpc) is 3.31. The molecule has 4 rings (SSSR count). The number of methoxy groups -OCH3 is 1. The first-order chi connectivity index (χ1) is 16.9. The van der Waals surface area contributed by atoms with Gasteiger partial charge in [-0.25, -0.2) is 9.37 Å². The van der Waals surface area contributed by atoms with Crippen LogP contribution in [-0.4, -0.2) is 42.8 Å². The second-order valence-electron chi connectivity index (χ2n) is 7.40. The summed E-state index contributed by atoms with van der Waals surface area (Å²) in [6.07, 6.45) is 0. The molecule has 0 unspecified atom stereocenters. The molecule has 2 aromatic heterocycles. The van der Waals surface area contributed by atoms with Gasteiger partial charge in [-0.15, -0.1) is 11.3 Å². The SMILES string of the molecule is COc1cc(C(=O)NCC(=O)c2cccc(-c3csc4c(F)cccc34)n2)ccc1OCC(N)=O. The van der Waals surface area contributed by atoms with E-state index in [-0.39, 0.29) is 47.5 Å². The minimum atomic E-state index is -0.649. The number of nitrogens with two attached hydrogens (primary N) is 1. The number of rotatable bonds is 9. The number of primary amides is 1. The van der Waals surface area contributed by atoms with Crippen LogP contribution in [0, 0.1) is 5.82 Å². The van der Waals surface area contributed by atoms with E-state index >= 15 is 0 Å². The van der Waals surface area contributed by atoms with Crippen LogP contribution in [-0.2, 0) is 4.79 Å². The molecule has 178 valence electrons. The summed E-state index contributed by atoms with van der Waals surface area (Å²) in [4.78, 5) is 40.6. The fourth-order valence-corrected chi connectivity index (χ4v) is 4.36. The Kier molecular flexibility index (Phi) is 7.02.